The van der Waals surface area contributed by atoms with E-state index in [2.05, 4.69) is 145 Å². The van der Waals surface area contributed by atoms with Crippen LogP contribution in [0.4, 0.5) is 0 Å². The molecule has 432 valence electrons. The van der Waals surface area contributed by atoms with Gasteiger partial charge in [-0.15, -0.1) is 0 Å². The molecule has 4 radical (unpaired) electrons. The van der Waals surface area contributed by atoms with Crippen molar-refractivity contribution in [2.45, 2.75) is 279 Å². The van der Waals surface area contributed by atoms with Gasteiger partial charge in [0.05, 0.1) is 0 Å². The molecule has 0 aromatic carbocycles. The van der Waals surface area contributed by atoms with Crippen molar-refractivity contribution in [1.82, 2.24) is 0 Å². The second-order valence-corrected chi connectivity index (χ2v) is 20.1. The van der Waals surface area contributed by atoms with Gasteiger partial charge in [-0.05, 0) is 116 Å². The summed E-state index contributed by atoms with van der Waals surface area (Å²) in [6.45, 7) is 12.4. The smallest absolute Gasteiger partial charge is 0.305 e. The van der Waals surface area contributed by atoms with Crippen molar-refractivity contribution in [1.29, 1.82) is 0 Å². The summed E-state index contributed by atoms with van der Waals surface area (Å²) < 4.78 is 14.9. The van der Waals surface area contributed by atoms with E-state index in [0.717, 1.165) is 57.8 Å². The van der Waals surface area contributed by atoms with Gasteiger partial charge >= 0.3 is 17.9 Å². The minimum absolute atomic E-state index is 0. The van der Waals surface area contributed by atoms with Gasteiger partial charge in [0, 0.05) is 60.4 Å². The van der Waals surface area contributed by atoms with E-state index < -0.39 is 0 Å². The summed E-state index contributed by atoms with van der Waals surface area (Å²) in [4.78, 5) is 33.8. The zero-order valence-electron chi connectivity index (χ0n) is 48.8. The summed E-state index contributed by atoms with van der Waals surface area (Å²) >= 11 is 12.0. The van der Waals surface area contributed by atoms with Crippen LogP contribution in [0.3, 0.4) is 0 Å². The van der Waals surface area contributed by atoms with Crippen molar-refractivity contribution < 1.29 is 28.6 Å². The van der Waals surface area contributed by atoms with Gasteiger partial charge in [0.25, 0.3) is 0 Å². The molecular weight excluding hydrogens is 1080 g/mol. The largest absolute Gasteiger partial charge is 0.465 e. The minimum atomic E-state index is -0.0790. The number of hydrogen-bond donors (Lipinski definition) is 3. The molecule has 0 bridgehead atoms. The Morgan fingerprint density at radius 2 is 0.486 bits per heavy atom. The number of allylic oxidation sites excluding steroid dienone is 12. The predicted octanol–water partition coefficient (Wildman–Crippen LogP) is 20.2. The fourth-order valence-corrected chi connectivity index (χ4v) is 7.21. The SMILES string of the molecule is CCCC.CCCCC/C=C/C/C=C/CCCCCCCC(=O)OCCS.CCCCC/C=C/C/C=C/CCCCCCCC(=O)OCCS.CCCCC/C=C/C/C=C/CCCCCCCC(=O)OCCS.[Sn]. The first-order valence-corrected chi connectivity index (χ1v) is 31.9. The van der Waals surface area contributed by atoms with Crippen LogP contribution >= 0.6 is 37.9 Å². The van der Waals surface area contributed by atoms with Crippen LogP contribution in [0.1, 0.15) is 279 Å². The van der Waals surface area contributed by atoms with E-state index in [0.29, 0.717) is 56.3 Å². The van der Waals surface area contributed by atoms with Gasteiger partial charge in [-0.25, -0.2) is 0 Å². The Kier molecular flexibility index (Phi) is 88.8. The first-order chi connectivity index (χ1) is 35.8. The van der Waals surface area contributed by atoms with Gasteiger partial charge in [-0.1, -0.05) is 217 Å². The molecule has 0 heterocycles. The van der Waals surface area contributed by atoms with Gasteiger partial charge in [-0.3, -0.25) is 14.4 Å². The summed E-state index contributed by atoms with van der Waals surface area (Å²) in [5.74, 6) is 1.58. The van der Waals surface area contributed by atoms with Crippen molar-refractivity contribution in [3.63, 3.8) is 0 Å². The fourth-order valence-electron chi connectivity index (χ4n) is 6.94. The molecule has 0 saturated carbocycles. The molecule has 0 amide bonds. The van der Waals surface area contributed by atoms with Gasteiger partial charge in [0.15, 0.2) is 0 Å². The van der Waals surface area contributed by atoms with E-state index in [9.17, 15) is 14.4 Å². The number of unbranched alkanes of at least 4 members (excludes halogenated alkanes) is 25. The van der Waals surface area contributed by atoms with E-state index in [1.807, 2.05) is 0 Å². The second kappa shape index (κ2) is 80.6. The molecule has 0 saturated heterocycles. The van der Waals surface area contributed by atoms with Gasteiger partial charge in [0.1, 0.15) is 19.8 Å². The van der Waals surface area contributed by atoms with E-state index in [-0.39, 0.29) is 41.8 Å². The Morgan fingerprint density at radius 1 is 0.284 bits per heavy atom. The Morgan fingerprint density at radius 3 is 0.689 bits per heavy atom. The predicted molar refractivity (Wildman–Crippen MR) is 339 cm³/mol. The molecule has 6 nitrogen and oxygen atoms in total. The van der Waals surface area contributed by atoms with Crippen LogP contribution in [0.25, 0.3) is 0 Å². The Hall–Kier alpha value is -1.30. The van der Waals surface area contributed by atoms with Gasteiger partial charge in [-0.2, -0.15) is 37.9 Å². The molecule has 0 rings (SSSR count). The molecule has 10 heteroatoms. The maximum Gasteiger partial charge on any atom is 0.305 e. The molecule has 0 aromatic rings. The number of carbonyl (C=O) groups is 3. The standard InChI is InChI=1S/3C20H36O2S.C4H10.Sn/c3*1-2-3-4-5-6-7-8-9-10-11-12-13-14-15-16-17-20(21)22-18-19-23;1-3-4-2;/h3*6-7,9-10,23H,2-5,8,11-19H2,1H3;3-4H2,1-2H3;/b3*7-6+,10-9+;;. The summed E-state index contributed by atoms with van der Waals surface area (Å²) in [5.41, 5.74) is 0. The third kappa shape index (κ3) is 87.4. The molecule has 0 unspecified atom stereocenters. The Labute approximate surface area is 493 Å². The minimum Gasteiger partial charge on any atom is -0.465 e. The summed E-state index contributed by atoms with van der Waals surface area (Å²) in [6.07, 6.45) is 71.4. The monoisotopic (exact) mass is 1200 g/mol. The third-order valence-electron chi connectivity index (χ3n) is 11.6. The summed E-state index contributed by atoms with van der Waals surface area (Å²) in [7, 11) is 0. The molecular formula is C64H118O6S3Sn. The van der Waals surface area contributed by atoms with E-state index in [1.54, 1.807) is 0 Å². The number of esters is 3. The van der Waals surface area contributed by atoms with Crippen LogP contribution < -0.4 is 0 Å². The van der Waals surface area contributed by atoms with Crippen LogP contribution in [-0.4, -0.2) is 78.9 Å². The summed E-state index contributed by atoms with van der Waals surface area (Å²) in [5, 5.41) is 0. The van der Waals surface area contributed by atoms with E-state index in [4.69, 9.17) is 14.2 Å². The first kappa shape index (κ1) is 81.5. The zero-order valence-corrected chi connectivity index (χ0v) is 54.4. The number of rotatable bonds is 49. The van der Waals surface area contributed by atoms with Crippen LogP contribution in [0, 0.1) is 0 Å². The Bertz CT molecular complexity index is 1120. The maximum absolute atomic E-state index is 11.3. The van der Waals surface area contributed by atoms with Crippen LogP contribution in [0.15, 0.2) is 72.9 Å². The Balaban J connectivity index is -0.000000308. The van der Waals surface area contributed by atoms with Crippen molar-refractivity contribution in [3.8, 4) is 0 Å². The number of ether oxygens (including phenoxy) is 3. The molecule has 0 N–H and O–H groups in total. The normalized spacial score (nSPS) is 11.2. The molecule has 0 aliphatic carbocycles. The number of carbonyl (C=O) groups excluding carboxylic acids is 3. The number of thiol groups is 3. The molecule has 0 spiro atoms. The average molecular weight is 1200 g/mol. The molecule has 0 fully saturated rings. The third-order valence-corrected chi connectivity index (χ3v) is 12.1. The second-order valence-electron chi connectivity index (χ2n) is 18.8. The van der Waals surface area contributed by atoms with Crippen LogP contribution in [0.5, 0.6) is 0 Å². The van der Waals surface area contributed by atoms with E-state index in [1.165, 1.54) is 167 Å². The van der Waals surface area contributed by atoms with Crippen molar-refractivity contribution in [2.24, 2.45) is 0 Å². The van der Waals surface area contributed by atoms with Crippen molar-refractivity contribution in [3.05, 3.63) is 72.9 Å². The van der Waals surface area contributed by atoms with Crippen LogP contribution in [0.2, 0.25) is 0 Å². The molecule has 0 aliphatic rings. The fraction of sp³-hybridized carbons (Fsp3) is 0.766. The van der Waals surface area contributed by atoms with E-state index >= 15 is 0 Å². The van der Waals surface area contributed by atoms with Crippen molar-refractivity contribution in [2.75, 3.05) is 37.1 Å². The summed E-state index contributed by atoms with van der Waals surface area (Å²) in [6, 6.07) is 0. The van der Waals surface area contributed by atoms with Gasteiger partial charge < -0.3 is 14.2 Å². The first-order valence-electron chi connectivity index (χ1n) is 30.0. The quantitative estimate of drug-likeness (QED) is 0.0141. The maximum atomic E-state index is 11.3. The topological polar surface area (TPSA) is 78.9 Å². The molecule has 74 heavy (non-hydrogen) atoms. The van der Waals surface area contributed by atoms with Crippen LogP contribution in [-0.2, 0) is 28.6 Å². The van der Waals surface area contributed by atoms with Gasteiger partial charge in [0.2, 0.25) is 0 Å². The molecule has 0 aromatic heterocycles. The zero-order chi connectivity index (χ0) is 54.5. The number of hydrogen-bond acceptors (Lipinski definition) is 9. The molecule has 0 atom stereocenters. The molecule has 0 aliphatic heterocycles. The average Bonchev–Trinajstić information content (AvgIpc) is 3.40. The van der Waals surface area contributed by atoms with Crippen molar-refractivity contribution >= 4 is 79.7 Å².